The van der Waals surface area contributed by atoms with Crippen molar-refractivity contribution in [2.75, 3.05) is 18.4 Å². The standard InChI is InChI=1S/C23H24N6S/c24-18-27-23(29-20-12-16-25-17-13-20)26-14-6-7-15-28-30-22-11-5-4-10-21(22)19-8-2-1-3-9-19/h1-5,8-13,16-17,28H,6-7,14-15H2,(H2,25,26,27,29). The zero-order valence-electron chi connectivity index (χ0n) is 16.6. The van der Waals surface area contributed by atoms with Crippen LogP contribution in [0.3, 0.4) is 0 Å². The van der Waals surface area contributed by atoms with Crippen LogP contribution >= 0.6 is 11.9 Å². The monoisotopic (exact) mass is 416 g/mol. The summed E-state index contributed by atoms with van der Waals surface area (Å²) in [4.78, 5) is 9.62. The van der Waals surface area contributed by atoms with E-state index in [9.17, 15) is 0 Å². The van der Waals surface area contributed by atoms with Gasteiger partial charge in [-0.05, 0) is 54.1 Å². The van der Waals surface area contributed by atoms with Crippen LogP contribution in [0.2, 0.25) is 0 Å². The minimum Gasteiger partial charge on any atom is -0.325 e. The third kappa shape index (κ3) is 6.92. The highest BCUT2D eigenvalue weighted by atomic mass is 32.2. The molecule has 1 heterocycles. The molecule has 0 aliphatic heterocycles. The number of aliphatic imine (C=N–C) groups is 1. The van der Waals surface area contributed by atoms with E-state index in [0.29, 0.717) is 12.5 Å². The minimum absolute atomic E-state index is 0.447. The van der Waals surface area contributed by atoms with Crippen LogP contribution in [-0.2, 0) is 0 Å². The highest BCUT2D eigenvalue weighted by molar-refractivity contribution is 7.97. The molecule has 0 aliphatic rings. The third-order valence-electron chi connectivity index (χ3n) is 4.23. The molecule has 0 fully saturated rings. The molecule has 0 saturated carbocycles. The van der Waals surface area contributed by atoms with Crippen LogP contribution in [0.1, 0.15) is 12.8 Å². The van der Waals surface area contributed by atoms with Crippen molar-refractivity contribution in [2.24, 2.45) is 4.99 Å². The van der Waals surface area contributed by atoms with Gasteiger partial charge in [0, 0.05) is 36.1 Å². The van der Waals surface area contributed by atoms with Crippen molar-refractivity contribution >= 4 is 23.6 Å². The lowest BCUT2D eigenvalue weighted by Gasteiger charge is -2.10. The second kappa shape index (κ2) is 12.3. The average Bonchev–Trinajstić information content (AvgIpc) is 2.80. The van der Waals surface area contributed by atoms with Crippen molar-refractivity contribution in [3.63, 3.8) is 0 Å². The lowest BCUT2D eigenvalue weighted by atomic mass is 10.1. The van der Waals surface area contributed by atoms with Gasteiger partial charge in [0.1, 0.15) is 0 Å². The van der Waals surface area contributed by atoms with Gasteiger partial charge < -0.3 is 5.32 Å². The van der Waals surface area contributed by atoms with Gasteiger partial charge in [0.05, 0.1) is 0 Å². The molecular weight excluding hydrogens is 392 g/mol. The number of unbranched alkanes of at least 4 members (excludes halogenated alkanes) is 1. The molecule has 0 saturated heterocycles. The van der Waals surface area contributed by atoms with Crippen molar-refractivity contribution in [1.82, 2.24) is 15.0 Å². The third-order valence-corrected chi connectivity index (χ3v) is 5.15. The van der Waals surface area contributed by atoms with Gasteiger partial charge in [0.25, 0.3) is 0 Å². The van der Waals surface area contributed by atoms with Crippen molar-refractivity contribution < 1.29 is 0 Å². The molecule has 0 unspecified atom stereocenters. The summed E-state index contributed by atoms with van der Waals surface area (Å²) in [6, 6.07) is 22.5. The summed E-state index contributed by atoms with van der Waals surface area (Å²) >= 11 is 1.66. The molecule has 3 aromatic rings. The molecular formula is C23H24N6S. The maximum atomic E-state index is 8.89. The van der Waals surface area contributed by atoms with Crippen LogP contribution in [0.15, 0.2) is 89.0 Å². The second-order valence-electron chi connectivity index (χ2n) is 6.39. The SMILES string of the molecule is N#CNC(=NCCCCNSc1ccccc1-c1ccccc1)Nc1ccncc1. The number of benzene rings is 2. The van der Waals surface area contributed by atoms with Crippen LogP contribution in [0.5, 0.6) is 0 Å². The van der Waals surface area contributed by atoms with E-state index < -0.39 is 0 Å². The number of hydrogen-bond donors (Lipinski definition) is 3. The Morgan fingerprint density at radius 3 is 2.53 bits per heavy atom. The number of guanidine groups is 1. The lowest BCUT2D eigenvalue weighted by molar-refractivity contribution is 0.733. The Kier molecular flexibility index (Phi) is 8.74. The van der Waals surface area contributed by atoms with Crippen LogP contribution in [0.4, 0.5) is 5.69 Å². The van der Waals surface area contributed by atoms with E-state index in [-0.39, 0.29) is 0 Å². The predicted octanol–water partition coefficient (Wildman–Crippen LogP) is 4.66. The molecule has 0 radical (unpaired) electrons. The molecule has 0 aliphatic carbocycles. The molecule has 0 amide bonds. The Hall–Kier alpha value is -3.34. The topological polar surface area (TPSA) is 85.1 Å². The van der Waals surface area contributed by atoms with Gasteiger partial charge in [0.2, 0.25) is 5.96 Å². The first-order valence-electron chi connectivity index (χ1n) is 9.77. The zero-order valence-corrected chi connectivity index (χ0v) is 17.4. The van der Waals surface area contributed by atoms with E-state index in [1.54, 1.807) is 24.3 Å². The van der Waals surface area contributed by atoms with Crippen molar-refractivity contribution in [3.05, 3.63) is 79.1 Å². The summed E-state index contributed by atoms with van der Waals surface area (Å²) in [6.07, 6.45) is 7.19. The number of nitriles is 1. The zero-order chi connectivity index (χ0) is 20.9. The van der Waals surface area contributed by atoms with Gasteiger partial charge >= 0.3 is 0 Å². The number of nitrogens with one attached hydrogen (secondary N) is 3. The molecule has 152 valence electrons. The maximum Gasteiger partial charge on any atom is 0.209 e. The number of nitrogens with zero attached hydrogens (tertiary/aromatic N) is 3. The first-order valence-corrected chi connectivity index (χ1v) is 10.6. The normalized spacial score (nSPS) is 11.0. The summed E-state index contributed by atoms with van der Waals surface area (Å²) in [5.74, 6) is 0.447. The summed E-state index contributed by atoms with van der Waals surface area (Å²) in [5.41, 5.74) is 3.28. The number of aromatic nitrogens is 1. The van der Waals surface area contributed by atoms with Crippen molar-refractivity contribution in [2.45, 2.75) is 17.7 Å². The largest absolute Gasteiger partial charge is 0.325 e. The molecule has 0 bridgehead atoms. The fourth-order valence-corrected chi connectivity index (χ4v) is 3.62. The Morgan fingerprint density at radius 1 is 0.967 bits per heavy atom. The predicted molar refractivity (Wildman–Crippen MR) is 124 cm³/mol. The smallest absolute Gasteiger partial charge is 0.209 e. The van der Waals surface area contributed by atoms with Crippen LogP contribution < -0.4 is 15.4 Å². The molecule has 1 aromatic heterocycles. The van der Waals surface area contributed by atoms with Gasteiger partial charge in [-0.2, -0.15) is 5.26 Å². The Labute approximate surface area is 181 Å². The van der Waals surface area contributed by atoms with E-state index in [4.69, 9.17) is 5.26 Å². The molecule has 6 nitrogen and oxygen atoms in total. The number of rotatable bonds is 9. The molecule has 0 atom stereocenters. The van der Waals surface area contributed by atoms with Gasteiger partial charge in [-0.15, -0.1) is 0 Å². The van der Waals surface area contributed by atoms with Crippen molar-refractivity contribution in [3.8, 4) is 17.3 Å². The average molecular weight is 417 g/mol. The van der Waals surface area contributed by atoms with E-state index in [0.717, 1.165) is 25.1 Å². The maximum absolute atomic E-state index is 8.89. The van der Waals surface area contributed by atoms with E-state index in [1.165, 1.54) is 16.0 Å². The van der Waals surface area contributed by atoms with Gasteiger partial charge in [-0.1, -0.05) is 48.5 Å². The lowest BCUT2D eigenvalue weighted by Crippen LogP contribution is -2.27. The molecule has 0 spiro atoms. The number of pyridine rings is 1. The van der Waals surface area contributed by atoms with E-state index in [2.05, 4.69) is 73.9 Å². The molecule has 2 aromatic carbocycles. The molecule has 7 heteroatoms. The van der Waals surface area contributed by atoms with Crippen molar-refractivity contribution in [1.29, 1.82) is 5.26 Å². The molecule has 30 heavy (non-hydrogen) atoms. The number of hydrogen-bond acceptors (Lipinski definition) is 5. The van der Waals surface area contributed by atoms with E-state index in [1.807, 2.05) is 24.4 Å². The first kappa shape index (κ1) is 21.4. The summed E-state index contributed by atoms with van der Waals surface area (Å²) < 4.78 is 3.44. The van der Waals surface area contributed by atoms with E-state index >= 15 is 0 Å². The Morgan fingerprint density at radius 2 is 1.73 bits per heavy atom. The Balaban J connectivity index is 1.41. The number of anilines is 1. The fraction of sp³-hybridized carbons (Fsp3) is 0.174. The molecule has 3 N–H and O–H groups in total. The summed E-state index contributed by atoms with van der Waals surface area (Å²) in [7, 11) is 0. The fourth-order valence-electron chi connectivity index (χ4n) is 2.78. The van der Waals surface area contributed by atoms with Gasteiger partial charge in [0.15, 0.2) is 6.19 Å². The summed E-state index contributed by atoms with van der Waals surface area (Å²) in [5, 5.41) is 14.6. The van der Waals surface area contributed by atoms with Crippen LogP contribution in [-0.4, -0.2) is 24.0 Å². The highest BCUT2D eigenvalue weighted by Gasteiger charge is 2.04. The van der Waals surface area contributed by atoms with Crippen LogP contribution in [0, 0.1) is 11.5 Å². The Bertz CT molecular complexity index is 970. The first-order chi connectivity index (χ1) is 14.9. The van der Waals surface area contributed by atoms with Gasteiger partial charge in [-0.25, -0.2) is 0 Å². The minimum atomic E-state index is 0.447. The highest BCUT2D eigenvalue weighted by Crippen LogP contribution is 2.29. The van der Waals surface area contributed by atoms with Crippen LogP contribution in [0.25, 0.3) is 11.1 Å². The summed E-state index contributed by atoms with van der Waals surface area (Å²) in [6.45, 7) is 1.51. The van der Waals surface area contributed by atoms with Gasteiger partial charge in [-0.3, -0.25) is 20.0 Å². The molecule has 3 rings (SSSR count). The second-order valence-corrected chi connectivity index (χ2v) is 7.33. The quantitative estimate of drug-likeness (QED) is 0.117.